The minimum atomic E-state index is -0.934. The average Bonchev–Trinajstić information content (AvgIpc) is 2.75. The molecule has 2 amide bonds. The number of thioether (sulfide) groups is 1. The highest BCUT2D eigenvalue weighted by atomic mass is 32.2. The highest BCUT2D eigenvalue weighted by molar-refractivity contribution is 7.98. The van der Waals surface area contributed by atoms with Gasteiger partial charge in [-0.25, -0.2) is 13.2 Å². The molecular formula is C22H25F3N2O3S. The number of carbonyl (C=O) groups is 2. The van der Waals surface area contributed by atoms with E-state index in [1.54, 1.807) is 20.1 Å². The third-order valence-corrected chi connectivity index (χ3v) is 5.56. The Kier molecular flexibility index (Phi) is 8.79. The molecule has 0 radical (unpaired) electrons. The number of benzene rings is 2. The van der Waals surface area contributed by atoms with Gasteiger partial charge in [-0.05, 0) is 44.4 Å². The normalized spacial score (nSPS) is 10.7. The standard InChI is InChI=1S/C22H25F3N2O3S/c1-5-26(21(28)16-8-7-14(30-3)11-17(16)23)9-10-27(6-2)22(29)20-18(24)12-15(31-4)13-19(20)25/h7-8,11-13H,5-6,9-10H2,1-4H3. The maximum atomic E-state index is 14.3. The number of rotatable bonds is 9. The molecule has 0 atom stereocenters. The fourth-order valence-electron chi connectivity index (χ4n) is 3.04. The molecule has 0 spiro atoms. The zero-order chi connectivity index (χ0) is 23.1. The van der Waals surface area contributed by atoms with Crippen LogP contribution < -0.4 is 4.74 Å². The first kappa shape index (κ1) is 24.6. The SMILES string of the molecule is CCN(CCN(CC)C(=O)c1c(F)cc(SC)cc1F)C(=O)c1ccc(OC)cc1F. The predicted molar refractivity (Wildman–Crippen MR) is 114 cm³/mol. The van der Waals surface area contributed by atoms with Gasteiger partial charge in [-0.15, -0.1) is 11.8 Å². The Morgan fingerprint density at radius 2 is 1.45 bits per heavy atom. The van der Waals surface area contributed by atoms with Crippen molar-refractivity contribution in [1.82, 2.24) is 9.80 Å². The lowest BCUT2D eigenvalue weighted by molar-refractivity contribution is 0.0666. The minimum absolute atomic E-state index is 0.0375. The molecule has 2 aromatic rings. The fraction of sp³-hybridized carbons (Fsp3) is 0.364. The fourth-order valence-corrected chi connectivity index (χ4v) is 3.49. The summed E-state index contributed by atoms with van der Waals surface area (Å²) < 4.78 is 47.9. The van der Waals surface area contributed by atoms with E-state index in [0.29, 0.717) is 4.90 Å². The molecule has 0 aromatic heterocycles. The Morgan fingerprint density at radius 1 is 0.903 bits per heavy atom. The summed E-state index contributed by atoms with van der Waals surface area (Å²) in [6.45, 7) is 3.96. The molecule has 0 saturated carbocycles. The lowest BCUT2D eigenvalue weighted by Gasteiger charge is -2.27. The maximum Gasteiger partial charge on any atom is 0.259 e. The summed E-state index contributed by atoms with van der Waals surface area (Å²) in [7, 11) is 1.39. The van der Waals surface area contributed by atoms with Gasteiger partial charge in [-0.1, -0.05) is 0 Å². The van der Waals surface area contributed by atoms with Gasteiger partial charge in [0.1, 0.15) is 28.8 Å². The number of carbonyl (C=O) groups excluding carboxylic acids is 2. The number of halogens is 3. The number of likely N-dealkylation sites (N-methyl/N-ethyl adjacent to an activating group) is 2. The Morgan fingerprint density at radius 3 is 1.90 bits per heavy atom. The number of ether oxygens (including phenoxy) is 1. The van der Waals surface area contributed by atoms with Crippen LogP contribution in [0.3, 0.4) is 0 Å². The minimum Gasteiger partial charge on any atom is -0.497 e. The summed E-state index contributed by atoms with van der Waals surface area (Å²) in [5.41, 5.74) is -0.753. The Balaban J connectivity index is 2.16. The molecular weight excluding hydrogens is 429 g/mol. The van der Waals surface area contributed by atoms with Crippen molar-refractivity contribution in [2.75, 3.05) is 39.5 Å². The van der Waals surface area contributed by atoms with E-state index in [0.717, 1.165) is 18.2 Å². The van der Waals surface area contributed by atoms with Gasteiger partial charge in [0, 0.05) is 37.1 Å². The molecule has 0 aliphatic rings. The number of hydrogen-bond donors (Lipinski definition) is 0. The molecule has 2 rings (SSSR count). The Labute approximate surface area is 184 Å². The van der Waals surface area contributed by atoms with Crippen LogP contribution in [0, 0.1) is 17.5 Å². The van der Waals surface area contributed by atoms with Gasteiger partial charge in [0.15, 0.2) is 0 Å². The van der Waals surface area contributed by atoms with E-state index in [1.807, 2.05) is 0 Å². The van der Waals surface area contributed by atoms with Crippen LogP contribution in [0.15, 0.2) is 35.2 Å². The van der Waals surface area contributed by atoms with Gasteiger partial charge in [-0.3, -0.25) is 9.59 Å². The van der Waals surface area contributed by atoms with E-state index in [1.165, 1.54) is 40.8 Å². The molecule has 31 heavy (non-hydrogen) atoms. The molecule has 0 aliphatic carbocycles. The summed E-state index contributed by atoms with van der Waals surface area (Å²) >= 11 is 1.17. The van der Waals surface area contributed by atoms with Gasteiger partial charge >= 0.3 is 0 Å². The van der Waals surface area contributed by atoms with Gasteiger partial charge in [-0.2, -0.15) is 0 Å². The van der Waals surface area contributed by atoms with E-state index >= 15 is 0 Å². The van der Waals surface area contributed by atoms with Crippen molar-refractivity contribution in [2.45, 2.75) is 18.7 Å². The van der Waals surface area contributed by atoms with Crippen molar-refractivity contribution in [3.05, 3.63) is 58.9 Å². The van der Waals surface area contributed by atoms with Crippen LogP contribution in [0.2, 0.25) is 0 Å². The number of amides is 2. The molecule has 2 aromatic carbocycles. The van der Waals surface area contributed by atoms with Crippen LogP contribution in [0.1, 0.15) is 34.6 Å². The van der Waals surface area contributed by atoms with Gasteiger partial charge < -0.3 is 14.5 Å². The van der Waals surface area contributed by atoms with Crippen molar-refractivity contribution in [2.24, 2.45) is 0 Å². The second-order valence-electron chi connectivity index (χ2n) is 6.58. The molecule has 5 nitrogen and oxygen atoms in total. The molecule has 9 heteroatoms. The first-order valence-electron chi connectivity index (χ1n) is 9.72. The van der Waals surface area contributed by atoms with Crippen LogP contribution in [-0.2, 0) is 0 Å². The average molecular weight is 455 g/mol. The van der Waals surface area contributed by atoms with Gasteiger partial charge in [0.25, 0.3) is 11.8 Å². The molecule has 0 N–H and O–H groups in total. The predicted octanol–water partition coefficient (Wildman–Crippen LogP) is 4.46. The van der Waals surface area contributed by atoms with Crippen LogP contribution in [0.5, 0.6) is 5.75 Å². The summed E-state index contributed by atoms with van der Waals surface area (Å²) in [6, 6.07) is 6.16. The smallest absolute Gasteiger partial charge is 0.259 e. The van der Waals surface area contributed by atoms with Gasteiger partial charge in [0.05, 0.1) is 12.7 Å². The largest absolute Gasteiger partial charge is 0.497 e. The number of hydrogen-bond acceptors (Lipinski definition) is 4. The van der Waals surface area contributed by atoms with Crippen LogP contribution >= 0.6 is 11.8 Å². The zero-order valence-corrected chi connectivity index (χ0v) is 18.7. The summed E-state index contributed by atoms with van der Waals surface area (Å²) in [6.07, 6.45) is 1.68. The van der Waals surface area contributed by atoms with Crippen molar-refractivity contribution in [3.8, 4) is 5.75 Å². The topological polar surface area (TPSA) is 49.9 Å². The highest BCUT2D eigenvalue weighted by Gasteiger charge is 2.25. The third kappa shape index (κ3) is 5.72. The van der Waals surface area contributed by atoms with E-state index in [-0.39, 0.29) is 37.5 Å². The number of methoxy groups -OCH3 is 1. The summed E-state index contributed by atoms with van der Waals surface area (Å²) in [4.78, 5) is 28.5. The van der Waals surface area contributed by atoms with Crippen LogP contribution in [0.25, 0.3) is 0 Å². The van der Waals surface area contributed by atoms with E-state index in [4.69, 9.17) is 4.74 Å². The highest BCUT2D eigenvalue weighted by Crippen LogP contribution is 2.23. The van der Waals surface area contributed by atoms with Crippen molar-refractivity contribution < 1.29 is 27.5 Å². The summed E-state index contributed by atoms with van der Waals surface area (Å²) in [5, 5.41) is 0. The first-order chi connectivity index (χ1) is 14.8. The van der Waals surface area contributed by atoms with Crippen LogP contribution in [0.4, 0.5) is 13.2 Å². The molecule has 0 heterocycles. The van der Waals surface area contributed by atoms with E-state index in [2.05, 4.69) is 0 Å². The van der Waals surface area contributed by atoms with Crippen molar-refractivity contribution in [1.29, 1.82) is 0 Å². The van der Waals surface area contributed by atoms with Crippen LogP contribution in [-0.4, -0.2) is 61.2 Å². The second-order valence-corrected chi connectivity index (χ2v) is 7.46. The molecule has 0 unspecified atom stereocenters. The summed E-state index contributed by atoms with van der Waals surface area (Å²) in [5.74, 6) is -3.65. The monoisotopic (exact) mass is 454 g/mol. The Bertz CT molecular complexity index is 933. The first-order valence-corrected chi connectivity index (χ1v) is 10.9. The van der Waals surface area contributed by atoms with E-state index < -0.39 is 34.8 Å². The number of nitrogens with zero attached hydrogens (tertiary/aromatic N) is 2. The van der Waals surface area contributed by atoms with Crippen molar-refractivity contribution in [3.63, 3.8) is 0 Å². The third-order valence-electron chi connectivity index (χ3n) is 4.85. The maximum absolute atomic E-state index is 14.3. The quantitative estimate of drug-likeness (QED) is 0.525. The lowest BCUT2D eigenvalue weighted by Crippen LogP contribution is -2.41. The second kappa shape index (κ2) is 11.1. The van der Waals surface area contributed by atoms with Crippen molar-refractivity contribution >= 4 is 23.6 Å². The molecule has 0 aliphatic heterocycles. The molecule has 0 saturated heterocycles. The molecule has 168 valence electrons. The molecule has 0 bridgehead atoms. The Hall–Kier alpha value is -2.68. The van der Waals surface area contributed by atoms with E-state index in [9.17, 15) is 22.8 Å². The van der Waals surface area contributed by atoms with Gasteiger partial charge in [0.2, 0.25) is 0 Å². The lowest BCUT2D eigenvalue weighted by atomic mass is 10.1. The zero-order valence-electron chi connectivity index (χ0n) is 17.9. The molecule has 0 fully saturated rings.